The summed E-state index contributed by atoms with van der Waals surface area (Å²) in [6.45, 7) is 5.40. The standard InChI is InChI=1S/C15H20N4/c1-10(2)19(9-11-7-8-11)15-14(16)17-12-5-3-4-6-13(12)18-15/h3-6,10-11H,7-9H2,1-2H3,(H2,16,17). The smallest absolute Gasteiger partial charge is 0.172 e. The summed E-state index contributed by atoms with van der Waals surface area (Å²) in [4.78, 5) is 11.5. The second-order valence-corrected chi connectivity index (χ2v) is 5.61. The van der Waals surface area contributed by atoms with Gasteiger partial charge in [-0.3, -0.25) is 0 Å². The minimum absolute atomic E-state index is 0.387. The fourth-order valence-corrected chi connectivity index (χ4v) is 2.34. The van der Waals surface area contributed by atoms with Crippen LogP contribution in [0.15, 0.2) is 24.3 Å². The largest absolute Gasteiger partial charge is 0.381 e. The van der Waals surface area contributed by atoms with Crippen LogP contribution in [-0.2, 0) is 0 Å². The Bertz CT molecular complexity index is 590. The normalized spacial score (nSPS) is 15.1. The van der Waals surface area contributed by atoms with Gasteiger partial charge in [0.1, 0.15) is 0 Å². The molecule has 100 valence electrons. The minimum atomic E-state index is 0.387. The van der Waals surface area contributed by atoms with Crippen LogP contribution in [0.5, 0.6) is 0 Å². The molecule has 2 aromatic rings. The summed E-state index contributed by atoms with van der Waals surface area (Å²) in [7, 11) is 0. The van der Waals surface area contributed by atoms with E-state index in [9.17, 15) is 0 Å². The van der Waals surface area contributed by atoms with Gasteiger partial charge in [0.15, 0.2) is 11.6 Å². The van der Waals surface area contributed by atoms with Crippen molar-refractivity contribution in [1.82, 2.24) is 9.97 Å². The molecule has 0 spiro atoms. The minimum Gasteiger partial charge on any atom is -0.381 e. The summed E-state index contributed by atoms with van der Waals surface area (Å²) in [5, 5.41) is 0. The Morgan fingerprint density at radius 1 is 1.21 bits per heavy atom. The Balaban J connectivity index is 2.03. The molecule has 1 saturated carbocycles. The third-order valence-electron chi connectivity index (χ3n) is 3.63. The fourth-order valence-electron chi connectivity index (χ4n) is 2.34. The molecule has 1 aromatic carbocycles. The number of nitrogens with zero attached hydrogens (tertiary/aromatic N) is 3. The zero-order valence-electron chi connectivity index (χ0n) is 11.5. The summed E-state index contributed by atoms with van der Waals surface area (Å²) in [5.74, 6) is 2.17. The number of fused-ring (bicyclic) bond motifs is 1. The van der Waals surface area contributed by atoms with Crippen molar-refractivity contribution in [2.24, 2.45) is 5.92 Å². The Labute approximate surface area is 113 Å². The van der Waals surface area contributed by atoms with Crippen molar-refractivity contribution in [3.63, 3.8) is 0 Å². The summed E-state index contributed by atoms with van der Waals surface area (Å²) in [5.41, 5.74) is 7.88. The maximum absolute atomic E-state index is 6.11. The van der Waals surface area contributed by atoms with E-state index in [0.717, 1.165) is 29.3 Å². The molecular weight excluding hydrogens is 236 g/mol. The lowest BCUT2D eigenvalue weighted by atomic mass is 10.2. The van der Waals surface area contributed by atoms with Crippen molar-refractivity contribution < 1.29 is 0 Å². The van der Waals surface area contributed by atoms with Gasteiger partial charge in [0.05, 0.1) is 11.0 Å². The van der Waals surface area contributed by atoms with Crippen LogP contribution in [0.4, 0.5) is 11.6 Å². The number of hydrogen-bond donors (Lipinski definition) is 1. The maximum atomic E-state index is 6.11. The van der Waals surface area contributed by atoms with E-state index in [1.165, 1.54) is 12.8 Å². The zero-order valence-corrected chi connectivity index (χ0v) is 11.5. The topological polar surface area (TPSA) is 55.0 Å². The first-order valence-electron chi connectivity index (χ1n) is 6.94. The summed E-state index contributed by atoms with van der Waals surface area (Å²) in [6, 6.07) is 8.26. The van der Waals surface area contributed by atoms with Crippen molar-refractivity contribution in [3.05, 3.63) is 24.3 Å². The van der Waals surface area contributed by atoms with Crippen LogP contribution in [0.25, 0.3) is 11.0 Å². The molecule has 0 radical (unpaired) electrons. The van der Waals surface area contributed by atoms with Gasteiger partial charge in [0.25, 0.3) is 0 Å². The molecule has 4 nitrogen and oxygen atoms in total. The van der Waals surface area contributed by atoms with Gasteiger partial charge in [-0.15, -0.1) is 0 Å². The van der Waals surface area contributed by atoms with Gasteiger partial charge >= 0.3 is 0 Å². The Hall–Kier alpha value is -1.84. The van der Waals surface area contributed by atoms with Crippen LogP contribution in [0.1, 0.15) is 26.7 Å². The predicted molar refractivity (Wildman–Crippen MR) is 79.2 cm³/mol. The molecule has 4 heteroatoms. The van der Waals surface area contributed by atoms with Gasteiger partial charge in [0, 0.05) is 12.6 Å². The quantitative estimate of drug-likeness (QED) is 0.914. The number of hydrogen-bond acceptors (Lipinski definition) is 4. The average molecular weight is 256 g/mol. The Kier molecular flexibility index (Phi) is 3.01. The van der Waals surface area contributed by atoms with Crippen LogP contribution in [0.3, 0.4) is 0 Å². The van der Waals surface area contributed by atoms with Gasteiger partial charge in [-0.05, 0) is 44.7 Å². The van der Waals surface area contributed by atoms with Crippen molar-refractivity contribution in [1.29, 1.82) is 0 Å². The number of para-hydroxylation sites is 2. The highest BCUT2D eigenvalue weighted by molar-refractivity contribution is 5.79. The molecule has 2 N–H and O–H groups in total. The molecule has 3 rings (SSSR count). The number of aromatic nitrogens is 2. The third kappa shape index (κ3) is 2.48. The molecule has 1 aromatic heterocycles. The molecule has 0 atom stereocenters. The van der Waals surface area contributed by atoms with E-state index >= 15 is 0 Å². The lowest BCUT2D eigenvalue weighted by Gasteiger charge is -2.28. The average Bonchev–Trinajstić information content (AvgIpc) is 3.19. The summed E-state index contributed by atoms with van der Waals surface area (Å²) < 4.78 is 0. The number of nitrogen functional groups attached to an aromatic ring is 1. The second-order valence-electron chi connectivity index (χ2n) is 5.61. The van der Waals surface area contributed by atoms with Gasteiger partial charge < -0.3 is 10.6 Å². The van der Waals surface area contributed by atoms with E-state index in [1.54, 1.807) is 0 Å². The van der Waals surface area contributed by atoms with E-state index < -0.39 is 0 Å². The number of nitrogens with two attached hydrogens (primary N) is 1. The van der Waals surface area contributed by atoms with Crippen LogP contribution in [0.2, 0.25) is 0 Å². The highest BCUT2D eigenvalue weighted by Gasteiger charge is 2.27. The second kappa shape index (κ2) is 4.68. The Morgan fingerprint density at radius 2 is 1.84 bits per heavy atom. The van der Waals surface area contributed by atoms with Gasteiger partial charge in [-0.2, -0.15) is 0 Å². The van der Waals surface area contributed by atoms with E-state index in [1.807, 2.05) is 24.3 Å². The summed E-state index contributed by atoms with van der Waals surface area (Å²) in [6.07, 6.45) is 2.65. The van der Waals surface area contributed by atoms with Crippen LogP contribution < -0.4 is 10.6 Å². The van der Waals surface area contributed by atoms with Gasteiger partial charge in [0.2, 0.25) is 0 Å². The fraction of sp³-hybridized carbons (Fsp3) is 0.467. The number of anilines is 2. The third-order valence-corrected chi connectivity index (χ3v) is 3.63. The molecule has 0 bridgehead atoms. The first kappa shape index (κ1) is 12.2. The van der Waals surface area contributed by atoms with Crippen molar-refractivity contribution in [3.8, 4) is 0 Å². The predicted octanol–water partition coefficient (Wildman–Crippen LogP) is 2.84. The molecule has 0 aliphatic heterocycles. The SMILES string of the molecule is CC(C)N(CC1CC1)c1nc2ccccc2nc1N. The number of rotatable bonds is 4. The maximum Gasteiger partial charge on any atom is 0.172 e. The van der Waals surface area contributed by atoms with Crippen molar-refractivity contribution in [2.75, 3.05) is 17.2 Å². The van der Waals surface area contributed by atoms with Gasteiger partial charge in [-0.1, -0.05) is 12.1 Å². The molecule has 0 amide bonds. The van der Waals surface area contributed by atoms with Crippen LogP contribution in [0, 0.1) is 5.92 Å². The molecule has 0 saturated heterocycles. The van der Waals surface area contributed by atoms with E-state index in [4.69, 9.17) is 10.7 Å². The van der Waals surface area contributed by atoms with Crippen LogP contribution >= 0.6 is 0 Å². The molecule has 1 fully saturated rings. The molecule has 19 heavy (non-hydrogen) atoms. The van der Waals surface area contributed by atoms with E-state index in [-0.39, 0.29) is 0 Å². The number of benzene rings is 1. The van der Waals surface area contributed by atoms with Crippen molar-refractivity contribution >= 4 is 22.7 Å². The molecule has 1 aliphatic carbocycles. The monoisotopic (exact) mass is 256 g/mol. The lowest BCUT2D eigenvalue weighted by molar-refractivity contribution is 0.638. The molecule has 1 heterocycles. The van der Waals surface area contributed by atoms with Crippen LogP contribution in [-0.4, -0.2) is 22.6 Å². The zero-order chi connectivity index (χ0) is 13.4. The first-order valence-corrected chi connectivity index (χ1v) is 6.94. The molecular formula is C15H20N4. The highest BCUT2D eigenvalue weighted by atomic mass is 15.2. The van der Waals surface area contributed by atoms with E-state index in [0.29, 0.717) is 11.9 Å². The summed E-state index contributed by atoms with van der Waals surface area (Å²) >= 11 is 0. The lowest BCUT2D eigenvalue weighted by Crippen LogP contribution is -2.34. The Morgan fingerprint density at radius 3 is 2.42 bits per heavy atom. The first-order chi connectivity index (χ1) is 9.15. The molecule has 0 unspecified atom stereocenters. The van der Waals surface area contributed by atoms with Gasteiger partial charge in [-0.25, -0.2) is 9.97 Å². The van der Waals surface area contributed by atoms with Crippen molar-refractivity contribution in [2.45, 2.75) is 32.7 Å². The highest BCUT2D eigenvalue weighted by Crippen LogP contribution is 2.33. The van der Waals surface area contributed by atoms with E-state index in [2.05, 4.69) is 23.7 Å². The molecule has 1 aliphatic rings.